The minimum absolute atomic E-state index is 0.178. The number of rotatable bonds is 4. The normalized spacial score (nSPS) is 21.3. The van der Waals surface area contributed by atoms with E-state index >= 15 is 0 Å². The quantitative estimate of drug-likeness (QED) is 0.374. The van der Waals surface area contributed by atoms with E-state index in [2.05, 4.69) is 10.3 Å². The zero-order valence-corrected chi connectivity index (χ0v) is 10.1. The molecule has 0 aromatic rings. The van der Waals surface area contributed by atoms with E-state index in [1.54, 1.807) is 0 Å². The molecule has 6 nitrogen and oxygen atoms in total. The number of nitrogens with one attached hydrogen (secondary N) is 1. The average Bonchev–Trinajstić information content (AvgIpc) is 2.40. The molecule has 1 saturated heterocycles. The Bertz CT molecular complexity index is 329. The van der Waals surface area contributed by atoms with Crippen molar-refractivity contribution < 1.29 is 13.2 Å². The lowest BCUT2D eigenvalue weighted by Crippen LogP contribution is -2.32. The maximum absolute atomic E-state index is 11.3. The first-order valence-electron chi connectivity index (χ1n) is 5.46. The molecule has 1 heterocycles. The fourth-order valence-corrected chi connectivity index (χ4v) is 3.06. The Morgan fingerprint density at radius 2 is 2.06 bits per heavy atom. The van der Waals surface area contributed by atoms with Crippen LogP contribution < -0.4 is 11.3 Å². The van der Waals surface area contributed by atoms with E-state index in [9.17, 15) is 13.2 Å². The van der Waals surface area contributed by atoms with E-state index < -0.39 is 9.84 Å². The molecule has 3 N–H and O–H groups in total. The molecule has 0 unspecified atom stereocenters. The van der Waals surface area contributed by atoms with Crippen LogP contribution in [0.15, 0.2) is 0 Å². The van der Waals surface area contributed by atoms with Crippen molar-refractivity contribution in [2.45, 2.75) is 19.3 Å². The van der Waals surface area contributed by atoms with Crippen molar-refractivity contribution in [3.05, 3.63) is 0 Å². The van der Waals surface area contributed by atoms with E-state index in [0.29, 0.717) is 25.8 Å². The number of hydrogen-bond acceptors (Lipinski definition) is 5. The number of amides is 1. The van der Waals surface area contributed by atoms with Gasteiger partial charge in [0.2, 0.25) is 5.91 Å². The van der Waals surface area contributed by atoms with Gasteiger partial charge in [-0.3, -0.25) is 10.2 Å². The molecule has 94 valence electrons. The molecular formula is C9H19N3O3S. The lowest BCUT2D eigenvalue weighted by Gasteiger charge is -2.18. The van der Waals surface area contributed by atoms with Crippen LogP contribution in [-0.4, -0.2) is 50.4 Å². The Kier molecular flexibility index (Phi) is 5.17. The summed E-state index contributed by atoms with van der Waals surface area (Å²) in [5.74, 6) is 5.30. The van der Waals surface area contributed by atoms with Gasteiger partial charge in [0, 0.05) is 13.0 Å². The van der Waals surface area contributed by atoms with Gasteiger partial charge in [-0.1, -0.05) is 0 Å². The van der Waals surface area contributed by atoms with E-state index in [4.69, 9.17) is 5.84 Å². The number of nitrogens with zero attached hydrogens (tertiary/aromatic N) is 1. The second kappa shape index (κ2) is 6.17. The molecule has 0 radical (unpaired) electrons. The molecule has 0 aliphatic carbocycles. The van der Waals surface area contributed by atoms with Crippen LogP contribution in [0.4, 0.5) is 0 Å². The monoisotopic (exact) mass is 249 g/mol. The largest absolute Gasteiger partial charge is 0.302 e. The van der Waals surface area contributed by atoms with Crippen molar-refractivity contribution in [1.29, 1.82) is 0 Å². The van der Waals surface area contributed by atoms with Crippen molar-refractivity contribution >= 4 is 15.7 Å². The minimum Gasteiger partial charge on any atom is -0.302 e. The van der Waals surface area contributed by atoms with Crippen molar-refractivity contribution in [3.8, 4) is 0 Å². The lowest BCUT2D eigenvalue weighted by molar-refractivity contribution is -0.121. The maximum atomic E-state index is 11.3. The van der Waals surface area contributed by atoms with Crippen molar-refractivity contribution in [2.75, 3.05) is 31.1 Å². The summed E-state index contributed by atoms with van der Waals surface area (Å²) in [6.45, 7) is 2.12. The molecule has 7 heteroatoms. The van der Waals surface area contributed by atoms with Gasteiger partial charge in [-0.25, -0.2) is 14.3 Å². The third kappa shape index (κ3) is 4.91. The van der Waals surface area contributed by atoms with Crippen molar-refractivity contribution in [3.63, 3.8) is 0 Å². The zero-order chi connectivity index (χ0) is 12.0. The van der Waals surface area contributed by atoms with Crippen molar-refractivity contribution in [2.24, 2.45) is 5.84 Å². The Labute approximate surface area is 96.1 Å². The molecule has 1 rings (SSSR count). The molecule has 1 aliphatic rings. The highest BCUT2D eigenvalue weighted by Gasteiger charge is 2.18. The first-order valence-corrected chi connectivity index (χ1v) is 7.28. The van der Waals surface area contributed by atoms with Gasteiger partial charge in [0.1, 0.15) is 0 Å². The molecule has 0 atom stereocenters. The highest BCUT2D eigenvalue weighted by molar-refractivity contribution is 7.91. The Balaban J connectivity index is 2.25. The Hall–Kier alpha value is -0.660. The first-order chi connectivity index (χ1) is 7.53. The number of carbonyl (C=O) groups is 1. The van der Waals surface area contributed by atoms with Gasteiger partial charge in [-0.15, -0.1) is 0 Å². The fourth-order valence-electron chi connectivity index (χ4n) is 1.75. The third-order valence-corrected chi connectivity index (χ3v) is 4.40. The maximum Gasteiger partial charge on any atom is 0.233 e. The minimum atomic E-state index is -2.84. The predicted molar refractivity (Wildman–Crippen MR) is 61.3 cm³/mol. The molecule has 0 spiro atoms. The third-order valence-electron chi connectivity index (χ3n) is 2.69. The molecule has 1 fully saturated rings. The second-order valence-electron chi connectivity index (χ2n) is 4.02. The van der Waals surface area contributed by atoms with Gasteiger partial charge in [0.15, 0.2) is 9.84 Å². The first kappa shape index (κ1) is 13.4. The van der Waals surface area contributed by atoms with Crippen LogP contribution in [0, 0.1) is 0 Å². The van der Waals surface area contributed by atoms with Crippen LogP contribution >= 0.6 is 0 Å². The summed E-state index contributed by atoms with van der Waals surface area (Å²) in [6, 6.07) is 0. The van der Waals surface area contributed by atoms with Crippen molar-refractivity contribution in [1.82, 2.24) is 10.3 Å². The van der Waals surface area contributed by atoms with E-state index in [1.807, 2.05) is 0 Å². The molecule has 0 bridgehead atoms. The molecule has 0 saturated carbocycles. The topological polar surface area (TPSA) is 92.5 Å². The number of nitrogens with two attached hydrogens (primary N) is 1. The number of sulfone groups is 1. The summed E-state index contributed by atoms with van der Waals surface area (Å²) in [6.07, 6.45) is 1.79. The summed E-state index contributed by atoms with van der Waals surface area (Å²) < 4.78 is 22.7. The summed E-state index contributed by atoms with van der Waals surface area (Å²) in [7, 11) is -2.84. The fraction of sp³-hybridized carbons (Fsp3) is 0.889. The highest BCUT2D eigenvalue weighted by atomic mass is 32.2. The second-order valence-corrected chi connectivity index (χ2v) is 6.32. The number of carbonyl (C=O) groups excluding carboxylic acids is 1. The zero-order valence-electron chi connectivity index (χ0n) is 9.31. The SMILES string of the molecule is NNC(=O)CCCN1CCCS(=O)(=O)CC1. The van der Waals surface area contributed by atoms with E-state index in [1.165, 1.54) is 0 Å². The smallest absolute Gasteiger partial charge is 0.233 e. The van der Waals surface area contributed by atoms with Crippen LogP contribution in [-0.2, 0) is 14.6 Å². The molecule has 1 aliphatic heterocycles. The number of hydrogen-bond donors (Lipinski definition) is 2. The lowest BCUT2D eigenvalue weighted by atomic mass is 10.2. The van der Waals surface area contributed by atoms with E-state index in [0.717, 1.165) is 13.1 Å². The predicted octanol–water partition coefficient (Wildman–Crippen LogP) is -1.12. The molecule has 0 aromatic heterocycles. The van der Waals surface area contributed by atoms with Gasteiger partial charge in [0.25, 0.3) is 0 Å². The van der Waals surface area contributed by atoms with Gasteiger partial charge in [0.05, 0.1) is 11.5 Å². The average molecular weight is 249 g/mol. The van der Waals surface area contributed by atoms with Crippen LogP contribution in [0.3, 0.4) is 0 Å². The Morgan fingerprint density at radius 1 is 1.31 bits per heavy atom. The molecule has 1 amide bonds. The molecule has 16 heavy (non-hydrogen) atoms. The van der Waals surface area contributed by atoms with Gasteiger partial charge >= 0.3 is 0 Å². The van der Waals surface area contributed by atoms with Crippen LogP contribution in [0.2, 0.25) is 0 Å². The van der Waals surface area contributed by atoms with Crippen LogP contribution in [0.25, 0.3) is 0 Å². The summed E-state index contributed by atoms with van der Waals surface area (Å²) in [5.41, 5.74) is 2.07. The highest BCUT2D eigenvalue weighted by Crippen LogP contribution is 2.06. The standard InChI is InChI=1S/C9H19N3O3S/c10-11-9(13)3-1-4-12-5-2-7-16(14,15)8-6-12/h1-8,10H2,(H,11,13). The van der Waals surface area contributed by atoms with Crippen LogP contribution in [0.1, 0.15) is 19.3 Å². The summed E-state index contributed by atoms with van der Waals surface area (Å²) >= 11 is 0. The van der Waals surface area contributed by atoms with Crippen LogP contribution in [0.5, 0.6) is 0 Å². The Morgan fingerprint density at radius 3 is 2.75 bits per heavy atom. The molecule has 0 aromatic carbocycles. The van der Waals surface area contributed by atoms with E-state index in [-0.39, 0.29) is 17.4 Å². The van der Waals surface area contributed by atoms with Gasteiger partial charge in [-0.2, -0.15) is 0 Å². The van der Waals surface area contributed by atoms with Gasteiger partial charge < -0.3 is 4.90 Å². The summed E-state index contributed by atoms with van der Waals surface area (Å²) in [5, 5.41) is 0. The van der Waals surface area contributed by atoms with Gasteiger partial charge in [-0.05, 0) is 25.9 Å². The summed E-state index contributed by atoms with van der Waals surface area (Å²) in [4.78, 5) is 13.0. The molecular weight excluding hydrogens is 230 g/mol. The number of hydrazine groups is 1.